The van der Waals surface area contributed by atoms with Crippen LogP contribution in [0.1, 0.15) is 43.2 Å². The molecule has 0 aliphatic heterocycles. The summed E-state index contributed by atoms with van der Waals surface area (Å²) in [6, 6.07) is 3.30. The average molecular weight is 299 g/mol. The van der Waals surface area contributed by atoms with Crippen LogP contribution in [0.3, 0.4) is 0 Å². The van der Waals surface area contributed by atoms with Crippen LogP contribution in [0.4, 0.5) is 0 Å². The first-order valence-electron chi connectivity index (χ1n) is 5.79. The van der Waals surface area contributed by atoms with E-state index in [1.165, 1.54) is 6.42 Å². The van der Waals surface area contributed by atoms with Crippen molar-refractivity contribution >= 4 is 27.5 Å². The van der Waals surface area contributed by atoms with E-state index in [1.54, 1.807) is 12.1 Å². The molecular formula is C12H15BrN2O2. The van der Waals surface area contributed by atoms with Crippen molar-refractivity contribution in [2.45, 2.75) is 32.6 Å². The predicted molar refractivity (Wildman–Crippen MR) is 68.9 cm³/mol. The molecule has 92 valence electrons. The topological polar surface area (TPSA) is 54.6 Å². The van der Waals surface area contributed by atoms with Crippen molar-refractivity contribution < 1.29 is 9.21 Å². The first kappa shape index (κ1) is 12.4. The molecule has 0 bridgehead atoms. The molecule has 17 heavy (non-hydrogen) atoms. The van der Waals surface area contributed by atoms with Gasteiger partial charge in [-0.1, -0.05) is 13.3 Å². The van der Waals surface area contributed by atoms with Crippen LogP contribution >= 0.6 is 15.9 Å². The van der Waals surface area contributed by atoms with Gasteiger partial charge in [-0.3, -0.25) is 4.79 Å². The molecule has 1 aliphatic rings. The molecular weight excluding hydrogens is 284 g/mol. The fourth-order valence-electron chi connectivity index (χ4n) is 1.95. The number of carbonyl (C=O) groups is 1. The third-order valence-corrected chi connectivity index (χ3v) is 3.41. The number of furan rings is 1. The highest BCUT2D eigenvalue weighted by Gasteiger charge is 2.17. The van der Waals surface area contributed by atoms with Crippen LogP contribution in [0.25, 0.3) is 0 Å². The highest BCUT2D eigenvalue weighted by Crippen LogP contribution is 2.20. The van der Waals surface area contributed by atoms with E-state index in [0.717, 1.165) is 25.0 Å². The van der Waals surface area contributed by atoms with Gasteiger partial charge in [-0.05, 0) is 53.2 Å². The van der Waals surface area contributed by atoms with Crippen LogP contribution in [-0.2, 0) is 0 Å². The number of hydrogen-bond acceptors (Lipinski definition) is 3. The van der Waals surface area contributed by atoms with Gasteiger partial charge in [-0.2, -0.15) is 5.10 Å². The van der Waals surface area contributed by atoms with Crippen LogP contribution in [0.2, 0.25) is 0 Å². The maximum atomic E-state index is 11.7. The van der Waals surface area contributed by atoms with Gasteiger partial charge in [0.05, 0.1) is 0 Å². The van der Waals surface area contributed by atoms with Crippen LogP contribution < -0.4 is 5.43 Å². The first-order valence-corrected chi connectivity index (χ1v) is 6.58. The zero-order valence-electron chi connectivity index (χ0n) is 9.70. The number of hydrogen-bond donors (Lipinski definition) is 1. The maximum absolute atomic E-state index is 11.7. The van der Waals surface area contributed by atoms with E-state index in [2.05, 4.69) is 33.4 Å². The summed E-state index contributed by atoms with van der Waals surface area (Å²) in [5.41, 5.74) is 3.63. The van der Waals surface area contributed by atoms with Crippen molar-refractivity contribution in [3.05, 3.63) is 22.6 Å². The lowest BCUT2D eigenvalue weighted by molar-refractivity contribution is 0.0925. The lowest BCUT2D eigenvalue weighted by Gasteiger charge is -2.19. The van der Waals surface area contributed by atoms with E-state index >= 15 is 0 Å². The molecule has 0 radical (unpaired) electrons. The Hall–Kier alpha value is -1.10. The van der Waals surface area contributed by atoms with E-state index in [9.17, 15) is 4.79 Å². The van der Waals surface area contributed by atoms with Crippen molar-refractivity contribution in [1.29, 1.82) is 0 Å². The number of hydrazone groups is 1. The number of rotatable bonds is 2. The van der Waals surface area contributed by atoms with Gasteiger partial charge in [-0.25, -0.2) is 5.43 Å². The van der Waals surface area contributed by atoms with E-state index in [0.29, 0.717) is 10.6 Å². The molecule has 4 nitrogen and oxygen atoms in total. The Labute approximate surface area is 109 Å². The number of amides is 1. The molecule has 1 fully saturated rings. The number of nitrogens with zero attached hydrogens (tertiary/aromatic N) is 1. The van der Waals surface area contributed by atoms with E-state index in [1.807, 2.05) is 0 Å². The molecule has 0 aromatic carbocycles. The zero-order chi connectivity index (χ0) is 12.3. The molecule has 0 spiro atoms. The summed E-state index contributed by atoms with van der Waals surface area (Å²) < 4.78 is 5.69. The molecule has 0 saturated heterocycles. The molecule has 1 N–H and O–H groups in total. The molecule has 1 unspecified atom stereocenters. The Morgan fingerprint density at radius 2 is 2.35 bits per heavy atom. The zero-order valence-corrected chi connectivity index (χ0v) is 11.3. The van der Waals surface area contributed by atoms with E-state index < -0.39 is 0 Å². The highest BCUT2D eigenvalue weighted by atomic mass is 79.9. The lowest BCUT2D eigenvalue weighted by atomic mass is 9.89. The van der Waals surface area contributed by atoms with Crippen LogP contribution in [0, 0.1) is 5.92 Å². The Morgan fingerprint density at radius 3 is 3.00 bits per heavy atom. The van der Waals surface area contributed by atoms with Crippen LogP contribution in [0.5, 0.6) is 0 Å². The average Bonchev–Trinajstić information content (AvgIpc) is 2.74. The van der Waals surface area contributed by atoms with Crippen molar-refractivity contribution in [3.63, 3.8) is 0 Å². The maximum Gasteiger partial charge on any atom is 0.307 e. The van der Waals surface area contributed by atoms with Crippen molar-refractivity contribution in [2.24, 2.45) is 11.0 Å². The second-order valence-electron chi connectivity index (χ2n) is 4.29. The lowest BCUT2D eigenvalue weighted by Crippen LogP contribution is -2.24. The SMILES string of the molecule is CC1CCCC/C1=N/NC(=O)c1ccc(Br)o1. The minimum absolute atomic E-state index is 0.268. The molecule has 1 atom stereocenters. The van der Waals surface area contributed by atoms with Crippen molar-refractivity contribution in [2.75, 3.05) is 0 Å². The van der Waals surface area contributed by atoms with Gasteiger partial charge in [0.2, 0.25) is 0 Å². The minimum Gasteiger partial charge on any atom is -0.444 e. The summed E-state index contributed by atoms with van der Waals surface area (Å²) in [7, 11) is 0. The fourth-order valence-corrected chi connectivity index (χ4v) is 2.26. The quantitative estimate of drug-likeness (QED) is 0.852. The van der Waals surface area contributed by atoms with Gasteiger partial charge in [0.25, 0.3) is 0 Å². The van der Waals surface area contributed by atoms with Gasteiger partial charge in [0.15, 0.2) is 10.4 Å². The summed E-state index contributed by atoms with van der Waals surface area (Å²) in [4.78, 5) is 11.7. The monoisotopic (exact) mass is 298 g/mol. The van der Waals surface area contributed by atoms with Gasteiger partial charge < -0.3 is 4.42 Å². The summed E-state index contributed by atoms with van der Waals surface area (Å²) in [6.07, 6.45) is 4.54. The van der Waals surface area contributed by atoms with Crippen molar-refractivity contribution in [3.8, 4) is 0 Å². The largest absolute Gasteiger partial charge is 0.444 e. The Bertz CT molecular complexity index is 439. The molecule has 1 aromatic heterocycles. The summed E-state index contributed by atoms with van der Waals surface area (Å²) in [5.74, 6) is 0.429. The Balaban J connectivity index is 1.97. The number of nitrogens with one attached hydrogen (secondary N) is 1. The number of carbonyl (C=O) groups excluding carboxylic acids is 1. The first-order chi connectivity index (χ1) is 8.16. The Kier molecular flexibility index (Phi) is 3.99. The second-order valence-corrected chi connectivity index (χ2v) is 5.08. The predicted octanol–water partition coefficient (Wildman–Crippen LogP) is 3.34. The molecule has 1 aliphatic carbocycles. The van der Waals surface area contributed by atoms with Crippen LogP contribution in [-0.4, -0.2) is 11.6 Å². The summed E-state index contributed by atoms with van der Waals surface area (Å²) >= 11 is 3.16. The Morgan fingerprint density at radius 1 is 1.53 bits per heavy atom. The molecule has 1 aromatic rings. The summed E-state index contributed by atoms with van der Waals surface area (Å²) in [5, 5.41) is 4.19. The molecule has 5 heteroatoms. The minimum atomic E-state index is -0.305. The highest BCUT2D eigenvalue weighted by molar-refractivity contribution is 9.10. The standard InChI is InChI=1S/C12H15BrN2O2/c1-8-4-2-3-5-9(8)14-15-12(16)10-6-7-11(13)17-10/h6-8H,2-5H2,1H3,(H,15,16)/b14-9-. The smallest absolute Gasteiger partial charge is 0.307 e. The van der Waals surface area contributed by atoms with Gasteiger partial charge >= 0.3 is 5.91 Å². The molecule has 2 rings (SSSR count). The summed E-state index contributed by atoms with van der Waals surface area (Å²) in [6.45, 7) is 2.15. The van der Waals surface area contributed by atoms with E-state index in [4.69, 9.17) is 4.42 Å². The molecule has 1 saturated carbocycles. The van der Waals surface area contributed by atoms with Crippen molar-refractivity contribution in [1.82, 2.24) is 5.43 Å². The number of halogens is 1. The van der Waals surface area contributed by atoms with Gasteiger partial charge in [0.1, 0.15) is 0 Å². The van der Waals surface area contributed by atoms with Gasteiger partial charge in [0, 0.05) is 5.71 Å². The van der Waals surface area contributed by atoms with Crippen LogP contribution in [0.15, 0.2) is 26.3 Å². The fraction of sp³-hybridized carbons (Fsp3) is 0.500. The molecule has 1 heterocycles. The second kappa shape index (κ2) is 5.49. The normalized spacial score (nSPS) is 22.7. The third-order valence-electron chi connectivity index (χ3n) is 2.99. The van der Waals surface area contributed by atoms with Gasteiger partial charge in [-0.15, -0.1) is 0 Å². The van der Waals surface area contributed by atoms with E-state index in [-0.39, 0.29) is 11.7 Å². The molecule has 1 amide bonds. The third kappa shape index (κ3) is 3.19.